The molecule has 14 heavy (non-hydrogen) atoms. The highest BCUT2D eigenvalue weighted by atomic mass is 14.5. The molecule has 0 heterocycles. The van der Waals surface area contributed by atoms with E-state index in [1.165, 1.54) is 24.0 Å². The molecule has 2 N–H and O–H groups in total. The van der Waals surface area contributed by atoms with Crippen LogP contribution < -0.4 is 5.73 Å². The first kappa shape index (κ1) is 9.47. The van der Waals surface area contributed by atoms with Crippen LogP contribution in [0.2, 0.25) is 0 Å². The summed E-state index contributed by atoms with van der Waals surface area (Å²) in [5.41, 5.74) is 8.19. The Morgan fingerprint density at radius 1 is 1.21 bits per heavy atom. The molecule has 1 saturated carbocycles. The average molecular weight is 187 g/mol. The van der Waals surface area contributed by atoms with Gasteiger partial charge >= 0.3 is 0 Å². The van der Waals surface area contributed by atoms with Crippen molar-refractivity contribution in [1.82, 2.24) is 0 Å². The monoisotopic (exact) mass is 187 g/mol. The number of rotatable bonds is 4. The van der Waals surface area contributed by atoms with Crippen LogP contribution in [0.15, 0.2) is 30.3 Å². The Hall–Kier alpha value is -1.08. The summed E-state index contributed by atoms with van der Waals surface area (Å²) >= 11 is 0. The molecule has 0 aliphatic heterocycles. The number of nitrogens with two attached hydrogens (primary N) is 1. The lowest BCUT2D eigenvalue weighted by atomic mass is 10.1. The van der Waals surface area contributed by atoms with Gasteiger partial charge in [-0.1, -0.05) is 36.4 Å². The van der Waals surface area contributed by atoms with Crippen molar-refractivity contribution in [2.75, 3.05) is 6.54 Å². The van der Waals surface area contributed by atoms with E-state index in [9.17, 15) is 0 Å². The molecule has 2 rings (SSSR count). The second-order valence-corrected chi connectivity index (χ2v) is 3.92. The Labute approximate surface area is 85.6 Å². The topological polar surface area (TPSA) is 26.0 Å². The molecule has 1 aromatic carbocycles. The van der Waals surface area contributed by atoms with Crippen LogP contribution in [-0.4, -0.2) is 6.54 Å². The molecular weight excluding hydrogens is 170 g/mol. The molecule has 0 atom stereocenters. The van der Waals surface area contributed by atoms with Gasteiger partial charge in [0.1, 0.15) is 0 Å². The maximum atomic E-state index is 5.41. The van der Waals surface area contributed by atoms with Crippen LogP contribution in [0.1, 0.15) is 36.3 Å². The van der Waals surface area contributed by atoms with Gasteiger partial charge in [-0.05, 0) is 42.9 Å². The van der Waals surface area contributed by atoms with Gasteiger partial charge in [-0.2, -0.15) is 0 Å². The zero-order chi connectivity index (χ0) is 9.80. The fourth-order valence-electron chi connectivity index (χ4n) is 1.61. The van der Waals surface area contributed by atoms with Crippen molar-refractivity contribution in [2.45, 2.75) is 25.2 Å². The lowest BCUT2D eigenvalue weighted by Gasteiger charge is -1.98. The fourth-order valence-corrected chi connectivity index (χ4v) is 1.61. The molecule has 1 nitrogen and oxygen atoms in total. The molecule has 1 aliphatic rings. The van der Waals surface area contributed by atoms with Gasteiger partial charge in [-0.25, -0.2) is 0 Å². The van der Waals surface area contributed by atoms with E-state index in [1.54, 1.807) is 0 Å². The molecule has 74 valence electrons. The quantitative estimate of drug-likeness (QED) is 0.770. The molecule has 0 radical (unpaired) electrons. The molecule has 1 aliphatic carbocycles. The molecule has 0 saturated heterocycles. The summed E-state index contributed by atoms with van der Waals surface area (Å²) in [5, 5.41) is 0. The SMILES string of the molecule is NCCC=Cc1ccc(C2CC2)cc1. The Balaban J connectivity index is 1.98. The summed E-state index contributed by atoms with van der Waals surface area (Å²) < 4.78 is 0. The first-order valence-electron chi connectivity index (χ1n) is 5.37. The standard InChI is InChI=1S/C13H17N/c14-10-2-1-3-11-4-6-12(7-5-11)13-8-9-13/h1,3-7,13H,2,8-10,14H2. The molecule has 1 fully saturated rings. The van der Waals surface area contributed by atoms with Gasteiger partial charge in [0.25, 0.3) is 0 Å². The predicted molar refractivity (Wildman–Crippen MR) is 61.1 cm³/mol. The van der Waals surface area contributed by atoms with Gasteiger partial charge in [0.05, 0.1) is 0 Å². The van der Waals surface area contributed by atoms with E-state index in [0.717, 1.165) is 18.9 Å². The highest BCUT2D eigenvalue weighted by Crippen LogP contribution is 2.39. The third-order valence-electron chi connectivity index (χ3n) is 2.63. The lowest BCUT2D eigenvalue weighted by Crippen LogP contribution is -1.94. The van der Waals surface area contributed by atoms with Crippen molar-refractivity contribution in [1.29, 1.82) is 0 Å². The summed E-state index contributed by atoms with van der Waals surface area (Å²) in [5.74, 6) is 0.858. The average Bonchev–Trinajstić information content (AvgIpc) is 3.03. The molecule has 1 aromatic rings. The minimum atomic E-state index is 0.733. The summed E-state index contributed by atoms with van der Waals surface area (Å²) in [6, 6.07) is 8.89. The minimum absolute atomic E-state index is 0.733. The van der Waals surface area contributed by atoms with Crippen molar-refractivity contribution in [2.24, 2.45) is 5.73 Å². The second kappa shape index (κ2) is 4.43. The zero-order valence-electron chi connectivity index (χ0n) is 8.45. The van der Waals surface area contributed by atoms with Crippen LogP contribution in [0.25, 0.3) is 6.08 Å². The van der Waals surface area contributed by atoms with Crippen molar-refractivity contribution in [3.8, 4) is 0 Å². The Bertz CT molecular complexity index is 307. The predicted octanol–water partition coefficient (Wildman–Crippen LogP) is 2.93. The van der Waals surface area contributed by atoms with E-state index in [2.05, 4.69) is 36.4 Å². The third-order valence-corrected chi connectivity index (χ3v) is 2.63. The summed E-state index contributed by atoms with van der Waals surface area (Å²) in [7, 11) is 0. The van der Waals surface area contributed by atoms with Gasteiger partial charge < -0.3 is 5.73 Å². The van der Waals surface area contributed by atoms with Crippen LogP contribution in [0.5, 0.6) is 0 Å². The van der Waals surface area contributed by atoms with Crippen molar-refractivity contribution >= 4 is 6.08 Å². The Kier molecular flexibility index (Phi) is 3.00. The molecular formula is C13H17N. The van der Waals surface area contributed by atoms with Gasteiger partial charge in [0, 0.05) is 0 Å². The molecule has 0 amide bonds. The highest BCUT2D eigenvalue weighted by Gasteiger charge is 2.22. The summed E-state index contributed by atoms with van der Waals surface area (Å²) in [6.07, 6.45) is 7.99. The minimum Gasteiger partial charge on any atom is -0.330 e. The third kappa shape index (κ3) is 2.46. The van der Waals surface area contributed by atoms with E-state index < -0.39 is 0 Å². The van der Waals surface area contributed by atoms with Crippen LogP contribution in [-0.2, 0) is 0 Å². The smallest absolute Gasteiger partial charge is 0.00425 e. The van der Waals surface area contributed by atoms with E-state index in [4.69, 9.17) is 5.73 Å². The maximum Gasteiger partial charge on any atom is -0.00425 e. The van der Waals surface area contributed by atoms with Crippen LogP contribution in [0, 0.1) is 0 Å². The van der Waals surface area contributed by atoms with E-state index in [-0.39, 0.29) is 0 Å². The van der Waals surface area contributed by atoms with E-state index in [1.807, 2.05) is 0 Å². The normalized spacial score (nSPS) is 16.4. The van der Waals surface area contributed by atoms with Gasteiger partial charge in [-0.3, -0.25) is 0 Å². The molecule has 0 bridgehead atoms. The van der Waals surface area contributed by atoms with Gasteiger partial charge in [-0.15, -0.1) is 0 Å². The maximum absolute atomic E-state index is 5.41. The molecule has 0 unspecified atom stereocenters. The highest BCUT2D eigenvalue weighted by molar-refractivity contribution is 5.50. The van der Waals surface area contributed by atoms with Crippen LogP contribution in [0.3, 0.4) is 0 Å². The number of benzene rings is 1. The second-order valence-electron chi connectivity index (χ2n) is 3.92. The van der Waals surface area contributed by atoms with Crippen LogP contribution in [0.4, 0.5) is 0 Å². The largest absolute Gasteiger partial charge is 0.330 e. The van der Waals surface area contributed by atoms with E-state index in [0.29, 0.717) is 0 Å². The van der Waals surface area contributed by atoms with Gasteiger partial charge in [0.15, 0.2) is 0 Å². The molecule has 0 aromatic heterocycles. The zero-order valence-corrected chi connectivity index (χ0v) is 8.45. The van der Waals surface area contributed by atoms with Crippen molar-refractivity contribution < 1.29 is 0 Å². The summed E-state index contributed by atoms with van der Waals surface area (Å²) in [4.78, 5) is 0. The molecule has 1 heteroatoms. The lowest BCUT2D eigenvalue weighted by molar-refractivity contribution is 1.01. The Morgan fingerprint density at radius 3 is 2.50 bits per heavy atom. The van der Waals surface area contributed by atoms with Crippen molar-refractivity contribution in [3.63, 3.8) is 0 Å². The van der Waals surface area contributed by atoms with E-state index >= 15 is 0 Å². The Morgan fingerprint density at radius 2 is 1.93 bits per heavy atom. The first-order chi connectivity index (χ1) is 6.90. The van der Waals surface area contributed by atoms with Crippen molar-refractivity contribution in [3.05, 3.63) is 41.5 Å². The summed E-state index contributed by atoms with van der Waals surface area (Å²) in [6.45, 7) is 0.733. The molecule has 0 spiro atoms. The first-order valence-corrected chi connectivity index (χ1v) is 5.37. The van der Waals surface area contributed by atoms with Gasteiger partial charge in [0.2, 0.25) is 0 Å². The van der Waals surface area contributed by atoms with Crippen LogP contribution >= 0.6 is 0 Å². The fraction of sp³-hybridized carbons (Fsp3) is 0.385. The number of hydrogen-bond donors (Lipinski definition) is 1. The number of hydrogen-bond acceptors (Lipinski definition) is 1.